The quantitative estimate of drug-likeness (QED) is 0.0992. The number of benzene rings is 3. The van der Waals surface area contributed by atoms with Crippen LogP contribution >= 0.6 is 23.2 Å². The van der Waals surface area contributed by atoms with Crippen LogP contribution in [-0.4, -0.2) is 78.0 Å². The number of ether oxygens (including phenoxy) is 3. The third kappa shape index (κ3) is 13.2. The van der Waals surface area contributed by atoms with E-state index in [1.54, 1.807) is 71.9 Å². The molecule has 0 aromatic heterocycles. The molecule has 0 bridgehead atoms. The zero-order valence-electron chi connectivity index (χ0n) is 31.2. The molecule has 17 heteroatoms. The summed E-state index contributed by atoms with van der Waals surface area (Å²) >= 11 is 12.8. The number of halogens is 2. The van der Waals surface area contributed by atoms with E-state index >= 15 is 0 Å². The van der Waals surface area contributed by atoms with Crippen molar-refractivity contribution < 1.29 is 43.3 Å². The van der Waals surface area contributed by atoms with E-state index < -0.39 is 53.8 Å². The molecule has 0 spiro atoms. The zero-order valence-corrected chi connectivity index (χ0v) is 32.7. The van der Waals surface area contributed by atoms with Gasteiger partial charge in [-0.3, -0.25) is 14.9 Å². The van der Waals surface area contributed by atoms with Crippen LogP contribution in [0.2, 0.25) is 10.0 Å². The number of carboxylic acids is 1. The molecule has 0 aliphatic carbocycles. The lowest BCUT2D eigenvalue weighted by molar-refractivity contribution is -0.139. The fraction of sp³-hybridized carbons (Fsp3) is 0.368. The largest absolute Gasteiger partial charge is 0.493 e. The Balaban J connectivity index is 1.39. The lowest BCUT2D eigenvalue weighted by Crippen LogP contribution is -2.49. The summed E-state index contributed by atoms with van der Waals surface area (Å²) in [4.78, 5) is 67.0. The number of aliphatic imine (C=N–C) groups is 1. The second-order valence-electron chi connectivity index (χ2n) is 14.4. The Labute approximate surface area is 328 Å². The van der Waals surface area contributed by atoms with E-state index in [0.29, 0.717) is 35.6 Å². The predicted octanol–water partition coefficient (Wildman–Crippen LogP) is 6.30. The maximum absolute atomic E-state index is 13.1. The number of carboxylic acid groups (broad SMARTS) is 1. The number of hydrogen-bond donors (Lipinski definition) is 6. The first-order valence-electron chi connectivity index (χ1n) is 17.2. The van der Waals surface area contributed by atoms with Crippen molar-refractivity contribution in [3.8, 4) is 16.9 Å². The summed E-state index contributed by atoms with van der Waals surface area (Å²) in [6, 6.07) is 15.5. The predicted molar refractivity (Wildman–Crippen MR) is 208 cm³/mol. The number of carbonyl (C=O) groups is 5. The van der Waals surface area contributed by atoms with Crippen LogP contribution in [0.3, 0.4) is 0 Å². The zero-order chi connectivity index (χ0) is 40.5. The second-order valence-corrected chi connectivity index (χ2v) is 15.2. The van der Waals surface area contributed by atoms with Crippen molar-refractivity contribution >= 4 is 64.8 Å². The maximum Gasteiger partial charge on any atom is 0.437 e. The number of amides is 4. The standard InChI is InChI=1S/C38H44Cl2N6O9/c1-37(2,3)54-35(51)45-34(46-36(52)55-38(4,5)6)43-23-12-13-29-24(18-23)27(14-15-53-29)41-20-30(47)42-19-28(33(49)50)44-32(48)31-25(39)16-22(17-26(31)40)21-10-8-7-9-11-21/h7-13,16-18,27-28,41H,14-15,19-20H2,1-6H3,(H,42,47)(H,44,48)(H,49,50)(H2,43,45,46,51,52)/t27-,28?/m1/s1. The summed E-state index contributed by atoms with van der Waals surface area (Å²) in [5.74, 6) is -2.47. The van der Waals surface area contributed by atoms with Gasteiger partial charge >= 0.3 is 18.2 Å². The first-order valence-corrected chi connectivity index (χ1v) is 18.0. The molecule has 6 N–H and O–H groups in total. The van der Waals surface area contributed by atoms with Gasteiger partial charge < -0.3 is 40.6 Å². The molecular weight excluding hydrogens is 755 g/mol. The van der Waals surface area contributed by atoms with Gasteiger partial charge in [0.15, 0.2) is 0 Å². The van der Waals surface area contributed by atoms with Crippen LogP contribution in [0.15, 0.2) is 65.7 Å². The van der Waals surface area contributed by atoms with E-state index in [-0.39, 0.29) is 34.2 Å². The minimum absolute atomic E-state index is 0.0298. The monoisotopic (exact) mass is 798 g/mol. The molecule has 4 rings (SSSR count). The Morgan fingerprint density at radius 1 is 0.909 bits per heavy atom. The van der Waals surface area contributed by atoms with Gasteiger partial charge in [0.05, 0.1) is 28.8 Å². The fourth-order valence-electron chi connectivity index (χ4n) is 5.20. The Hall–Kier alpha value is -5.38. The van der Waals surface area contributed by atoms with Crippen LogP contribution in [0.25, 0.3) is 11.1 Å². The Bertz CT molecular complexity index is 1920. The molecule has 1 unspecified atom stereocenters. The molecule has 0 saturated carbocycles. The topological polar surface area (TPSA) is 206 Å². The SMILES string of the molecule is CC(C)(C)OC(=O)/N=C(\NC(=O)OC(C)(C)C)Nc1ccc2c(c1)[C@H](NCC(=O)NCC(NC(=O)c1c(Cl)cc(-c3ccccc3)cc1Cl)C(=O)O)CCO2. The first-order chi connectivity index (χ1) is 25.8. The Kier molecular flexibility index (Phi) is 14.1. The number of fused-ring (bicyclic) bond motifs is 1. The molecule has 0 radical (unpaired) electrons. The molecule has 0 fully saturated rings. The minimum atomic E-state index is -1.50. The second kappa shape index (κ2) is 18.3. The Morgan fingerprint density at radius 2 is 1.56 bits per heavy atom. The van der Waals surface area contributed by atoms with Crippen LogP contribution < -0.4 is 31.3 Å². The van der Waals surface area contributed by atoms with Crippen molar-refractivity contribution in [1.29, 1.82) is 0 Å². The average Bonchev–Trinajstić information content (AvgIpc) is 3.07. The first kappa shape index (κ1) is 42.4. The summed E-state index contributed by atoms with van der Waals surface area (Å²) in [5.41, 5.74) is 0.801. The molecule has 0 saturated heterocycles. The fourth-order valence-corrected chi connectivity index (χ4v) is 5.86. The molecule has 294 valence electrons. The number of carbonyl (C=O) groups excluding carboxylic acids is 4. The number of aliphatic carboxylic acids is 1. The molecule has 3 aromatic carbocycles. The normalized spacial score (nSPS) is 14.7. The van der Waals surface area contributed by atoms with Crippen molar-refractivity contribution in [2.24, 2.45) is 4.99 Å². The van der Waals surface area contributed by atoms with Gasteiger partial charge in [-0.1, -0.05) is 53.5 Å². The van der Waals surface area contributed by atoms with Crippen molar-refractivity contribution in [2.45, 2.75) is 71.2 Å². The van der Waals surface area contributed by atoms with Gasteiger partial charge in [0.2, 0.25) is 11.9 Å². The minimum Gasteiger partial charge on any atom is -0.493 e. The van der Waals surface area contributed by atoms with E-state index in [0.717, 1.165) is 5.56 Å². The lowest BCUT2D eigenvalue weighted by atomic mass is 9.99. The highest BCUT2D eigenvalue weighted by molar-refractivity contribution is 6.40. The molecule has 1 heterocycles. The van der Waals surface area contributed by atoms with Crippen LogP contribution in [0.4, 0.5) is 15.3 Å². The third-order valence-electron chi connectivity index (χ3n) is 7.52. The summed E-state index contributed by atoms with van der Waals surface area (Å²) in [6.45, 7) is 9.77. The van der Waals surface area contributed by atoms with Crippen LogP contribution in [0.1, 0.15) is 69.9 Å². The smallest absolute Gasteiger partial charge is 0.437 e. The molecule has 2 atom stereocenters. The summed E-state index contributed by atoms with van der Waals surface area (Å²) in [6.07, 6.45) is -1.34. The number of nitrogens with one attached hydrogen (secondary N) is 5. The highest BCUT2D eigenvalue weighted by Crippen LogP contribution is 2.34. The van der Waals surface area contributed by atoms with E-state index in [1.165, 1.54) is 0 Å². The van der Waals surface area contributed by atoms with Crippen LogP contribution in [-0.2, 0) is 19.1 Å². The van der Waals surface area contributed by atoms with E-state index in [2.05, 4.69) is 31.6 Å². The third-order valence-corrected chi connectivity index (χ3v) is 8.12. The van der Waals surface area contributed by atoms with Gasteiger partial charge in [-0.25, -0.2) is 14.4 Å². The van der Waals surface area contributed by atoms with Crippen LogP contribution in [0.5, 0.6) is 5.75 Å². The molecule has 55 heavy (non-hydrogen) atoms. The summed E-state index contributed by atoms with van der Waals surface area (Å²) < 4.78 is 16.4. The van der Waals surface area contributed by atoms with E-state index in [9.17, 15) is 29.1 Å². The molecule has 1 aliphatic rings. The van der Waals surface area contributed by atoms with E-state index in [1.807, 2.05) is 30.3 Å². The van der Waals surface area contributed by atoms with Gasteiger partial charge in [-0.2, -0.15) is 0 Å². The highest BCUT2D eigenvalue weighted by Gasteiger charge is 2.27. The lowest BCUT2D eigenvalue weighted by Gasteiger charge is -2.27. The molecule has 1 aliphatic heterocycles. The Morgan fingerprint density at radius 3 is 2.18 bits per heavy atom. The molecule has 3 aromatic rings. The van der Waals surface area contributed by atoms with Gasteiger partial charge in [-0.05, 0) is 83.0 Å². The van der Waals surface area contributed by atoms with Crippen LogP contribution in [0, 0.1) is 0 Å². The number of guanidine groups is 1. The van der Waals surface area contributed by atoms with E-state index in [4.69, 9.17) is 37.4 Å². The van der Waals surface area contributed by atoms with Crippen molar-refractivity contribution in [3.63, 3.8) is 0 Å². The molecule has 4 amide bonds. The van der Waals surface area contributed by atoms with Gasteiger partial charge in [-0.15, -0.1) is 4.99 Å². The van der Waals surface area contributed by atoms with Gasteiger partial charge in [0, 0.05) is 30.3 Å². The molecule has 15 nitrogen and oxygen atoms in total. The average molecular weight is 800 g/mol. The van der Waals surface area contributed by atoms with Gasteiger partial charge in [0.1, 0.15) is 23.0 Å². The van der Waals surface area contributed by atoms with Crippen molar-refractivity contribution in [1.82, 2.24) is 21.3 Å². The van der Waals surface area contributed by atoms with Crippen molar-refractivity contribution in [3.05, 3.63) is 81.8 Å². The maximum atomic E-state index is 13.1. The van der Waals surface area contributed by atoms with Gasteiger partial charge in [0.25, 0.3) is 5.91 Å². The summed E-state index contributed by atoms with van der Waals surface area (Å²) in [5, 5.41) is 23.3. The highest BCUT2D eigenvalue weighted by atomic mass is 35.5. The number of nitrogens with zero attached hydrogens (tertiary/aromatic N) is 1. The number of hydrogen-bond acceptors (Lipinski definition) is 9. The summed E-state index contributed by atoms with van der Waals surface area (Å²) in [7, 11) is 0. The number of anilines is 1. The number of alkyl carbamates (subject to hydrolysis) is 1. The molecular formula is C38H44Cl2N6O9. The van der Waals surface area contributed by atoms with Crippen molar-refractivity contribution in [2.75, 3.05) is 25.0 Å². The number of rotatable bonds is 10.